The zero-order valence-corrected chi connectivity index (χ0v) is 12.6. The van der Waals surface area contributed by atoms with Crippen LogP contribution in [0.25, 0.3) is 0 Å². The van der Waals surface area contributed by atoms with Gasteiger partial charge in [-0.25, -0.2) is 4.98 Å². The van der Waals surface area contributed by atoms with E-state index in [0.717, 1.165) is 29.6 Å². The maximum Gasteiger partial charge on any atom is 0.224 e. The van der Waals surface area contributed by atoms with Crippen molar-refractivity contribution in [2.75, 3.05) is 17.7 Å². The van der Waals surface area contributed by atoms with Crippen LogP contribution in [0.15, 0.2) is 10.7 Å². The van der Waals surface area contributed by atoms with Gasteiger partial charge in [0.15, 0.2) is 0 Å². The van der Waals surface area contributed by atoms with Gasteiger partial charge in [0.25, 0.3) is 0 Å². The largest absolute Gasteiger partial charge is 0.364 e. The van der Waals surface area contributed by atoms with Gasteiger partial charge in [-0.15, -0.1) is 0 Å². The van der Waals surface area contributed by atoms with Crippen LogP contribution in [0.1, 0.15) is 40.0 Å². The molecule has 0 atom stereocenters. The van der Waals surface area contributed by atoms with Crippen molar-refractivity contribution in [3.8, 4) is 0 Å². The van der Waals surface area contributed by atoms with Gasteiger partial charge in [-0.05, 0) is 35.2 Å². The molecule has 96 valence electrons. The molecule has 0 aliphatic rings. The van der Waals surface area contributed by atoms with E-state index in [9.17, 15) is 0 Å². The molecule has 0 aliphatic heterocycles. The molecule has 0 spiro atoms. The predicted octanol–water partition coefficient (Wildman–Crippen LogP) is 3.66. The summed E-state index contributed by atoms with van der Waals surface area (Å²) in [6, 6.07) is 0. The van der Waals surface area contributed by atoms with Gasteiger partial charge in [0.1, 0.15) is 5.82 Å². The molecule has 0 saturated heterocycles. The molecule has 1 heterocycles. The van der Waals surface area contributed by atoms with Crippen LogP contribution in [-0.2, 0) is 0 Å². The lowest BCUT2D eigenvalue weighted by molar-refractivity contribution is 0.418. The molecular weight excluding hydrogens is 280 g/mol. The molecule has 2 N–H and O–H groups in total. The topological polar surface area (TPSA) is 49.8 Å². The number of halogens is 1. The van der Waals surface area contributed by atoms with Gasteiger partial charge in [-0.1, -0.05) is 20.8 Å². The molecule has 0 bridgehead atoms. The van der Waals surface area contributed by atoms with Crippen molar-refractivity contribution in [2.24, 2.45) is 0 Å². The Balaban J connectivity index is 2.99. The van der Waals surface area contributed by atoms with Crippen molar-refractivity contribution in [2.45, 2.75) is 45.6 Å². The van der Waals surface area contributed by atoms with Gasteiger partial charge >= 0.3 is 0 Å². The van der Waals surface area contributed by atoms with E-state index in [4.69, 9.17) is 0 Å². The molecule has 1 rings (SSSR count). The number of nitrogens with zero attached hydrogens (tertiary/aromatic N) is 2. The Bertz CT molecular complexity index is 355. The maximum absolute atomic E-state index is 4.44. The van der Waals surface area contributed by atoms with Gasteiger partial charge < -0.3 is 10.6 Å². The molecule has 1 aromatic rings. The molecule has 1 aromatic heterocycles. The van der Waals surface area contributed by atoms with Crippen molar-refractivity contribution in [1.29, 1.82) is 0 Å². The van der Waals surface area contributed by atoms with E-state index in [-0.39, 0.29) is 5.54 Å². The Labute approximate surface area is 112 Å². The highest BCUT2D eigenvalue weighted by atomic mass is 79.9. The minimum Gasteiger partial charge on any atom is -0.364 e. The summed E-state index contributed by atoms with van der Waals surface area (Å²) in [7, 11) is 1.82. The summed E-state index contributed by atoms with van der Waals surface area (Å²) in [6.07, 6.45) is 4.99. The van der Waals surface area contributed by atoms with E-state index in [2.05, 4.69) is 57.3 Å². The highest BCUT2D eigenvalue weighted by Gasteiger charge is 2.24. The number of anilines is 2. The minimum absolute atomic E-state index is 0.113. The molecule has 4 nitrogen and oxygen atoms in total. The van der Waals surface area contributed by atoms with Crippen molar-refractivity contribution in [3.63, 3.8) is 0 Å². The molecule has 0 amide bonds. The number of hydrogen-bond acceptors (Lipinski definition) is 4. The summed E-state index contributed by atoms with van der Waals surface area (Å²) in [5.41, 5.74) is 0.113. The van der Waals surface area contributed by atoms with Crippen LogP contribution in [-0.4, -0.2) is 22.6 Å². The second kappa shape index (κ2) is 6.19. The molecule has 0 radical (unpaired) electrons. The molecule has 0 aliphatic carbocycles. The van der Waals surface area contributed by atoms with Crippen LogP contribution in [0.2, 0.25) is 0 Å². The van der Waals surface area contributed by atoms with E-state index >= 15 is 0 Å². The monoisotopic (exact) mass is 300 g/mol. The lowest BCUT2D eigenvalue weighted by Gasteiger charge is -2.32. The zero-order valence-electron chi connectivity index (χ0n) is 11.0. The van der Waals surface area contributed by atoms with E-state index in [0.29, 0.717) is 5.95 Å². The molecule has 5 heteroatoms. The van der Waals surface area contributed by atoms with E-state index in [1.54, 1.807) is 6.20 Å². The van der Waals surface area contributed by atoms with Crippen LogP contribution in [0.5, 0.6) is 0 Å². The second-order valence-electron chi connectivity index (χ2n) is 4.11. The zero-order chi connectivity index (χ0) is 12.9. The van der Waals surface area contributed by atoms with Gasteiger partial charge in [0.05, 0.1) is 4.47 Å². The Morgan fingerprint density at radius 3 is 2.29 bits per heavy atom. The van der Waals surface area contributed by atoms with E-state index < -0.39 is 0 Å². The summed E-state index contributed by atoms with van der Waals surface area (Å²) < 4.78 is 0.899. The van der Waals surface area contributed by atoms with Crippen LogP contribution in [0, 0.1) is 0 Å². The second-order valence-corrected chi connectivity index (χ2v) is 4.96. The maximum atomic E-state index is 4.44. The first-order valence-electron chi connectivity index (χ1n) is 6.09. The first kappa shape index (κ1) is 14.2. The minimum atomic E-state index is 0.113. The predicted molar refractivity (Wildman–Crippen MR) is 76.5 cm³/mol. The average Bonchev–Trinajstić information content (AvgIpc) is 2.38. The fourth-order valence-corrected chi connectivity index (χ4v) is 2.13. The Kier molecular flexibility index (Phi) is 5.18. The Morgan fingerprint density at radius 2 is 1.82 bits per heavy atom. The first-order valence-corrected chi connectivity index (χ1v) is 6.88. The lowest BCUT2D eigenvalue weighted by atomic mass is 9.90. The quantitative estimate of drug-likeness (QED) is 0.842. The number of aromatic nitrogens is 2. The Morgan fingerprint density at radius 1 is 1.24 bits per heavy atom. The Hall–Kier alpha value is -0.840. The summed E-state index contributed by atoms with van der Waals surface area (Å²) in [6.45, 7) is 6.61. The third-order valence-electron chi connectivity index (χ3n) is 3.38. The van der Waals surface area contributed by atoms with E-state index in [1.807, 2.05) is 7.05 Å². The first-order chi connectivity index (χ1) is 8.10. The molecule has 17 heavy (non-hydrogen) atoms. The van der Waals surface area contributed by atoms with Crippen LogP contribution in [0.4, 0.5) is 11.8 Å². The molecule has 0 saturated carbocycles. The van der Waals surface area contributed by atoms with Crippen molar-refractivity contribution in [1.82, 2.24) is 9.97 Å². The summed E-state index contributed by atoms with van der Waals surface area (Å²) in [4.78, 5) is 8.60. The average molecular weight is 301 g/mol. The van der Waals surface area contributed by atoms with Crippen molar-refractivity contribution < 1.29 is 0 Å². The SMILES string of the molecule is CCC(CC)(CC)Nc1nc(NC)ncc1Br. The molecule has 0 fully saturated rings. The van der Waals surface area contributed by atoms with Crippen LogP contribution < -0.4 is 10.6 Å². The van der Waals surface area contributed by atoms with Crippen molar-refractivity contribution >= 4 is 27.7 Å². The fourth-order valence-electron chi connectivity index (χ4n) is 1.84. The standard InChI is InChI=1S/C12H21BrN4/c1-5-12(6-2,7-3)17-10-9(13)8-15-11(14-4)16-10/h8H,5-7H2,1-4H3,(H2,14,15,16,17). The van der Waals surface area contributed by atoms with Gasteiger partial charge in [-0.2, -0.15) is 4.98 Å². The molecule has 0 unspecified atom stereocenters. The molecule has 0 aromatic carbocycles. The third kappa shape index (κ3) is 3.31. The van der Waals surface area contributed by atoms with Gasteiger partial charge in [-0.3, -0.25) is 0 Å². The normalized spacial score (nSPS) is 11.4. The van der Waals surface area contributed by atoms with Crippen molar-refractivity contribution in [3.05, 3.63) is 10.7 Å². The highest BCUT2D eigenvalue weighted by molar-refractivity contribution is 9.10. The summed E-state index contributed by atoms with van der Waals surface area (Å²) >= 11 is 3.48. The number of nitrogens with one attached hydrogen (secondary N) is 2. The van der Waals surface area contributed by atoms with Gasteiger partial charge in [0.2, 0.25) is 5.95 Å². The third-order valence-corrected chi connectivity index (χ3v) is 3.96. The highest BCUT2D eigenvalue weighted by Crippen LogP contribution is 2.29. The fraction of sp³-hybridized carbons (Fsp3) is 0.667. The van der Waals surface area contributed by atoms with Gasteiger partial charge in [0, 0.05) is 18.8 Å². The molecular formula is C12H21BrN4. The van der Waals surface area contributed by atoms with E-state index in [1.165, 1.54) is 0 Å². The van der Waals surface area contributed by atoms with Crippen LogP contribution in [0.3, 0.4) is 0 Å². The number of rotatable bonds is 6. The summed E-state index contributed by atoms with van der Waals surface area (Å²) in [5, 5.41) is 6.50. The van der Waals surface area contributed by atoms with Crippen LogP contribution >= 0.6 is 15.9 Å². The summed E-state index contributed by atoms with van der Waals surface area (Å²) in [5.74, 6) is 1.49. The lowest BCUT2D eigenvalue weighted by Crippen LogP contribution is -2.36. The smallest absolute Gasteiger partial charge is 0.224 e. The number of hydrogen-bond donors (Lipinski definition) is 2.